The molecule has 1 saturated carbocycles. The normalized spacial score (nSPS) is 17.3. The van der Waals surface area contributed by atoms with Gasteiger partial charge in [-0.1, -0.05) is 0 Å². The molecule has 106 valence electrons. The molecule has 1 fully saturated rings. The average Bonchev–Trinajstić information content (AvgIpc) is 3.07. The second-order valence-corrected chi connectivity index (χ2v) is 5.36. The molecule has 0 bridgehead atoms. The summed E-state index contributed by atoms with van der Waals surface area (Å²) in [7, 11) is 0. The third-order valence-corrected chi connectivity index (χ3v) is 3.72. The Kier molecular flexibility index (Phi) is 3.95. The van der Waals surface area contributed by atoms with Gasteiger partial charge in [-0.05, 0) is 42.9 Å². The molecular weight excluding hydrogens is 282 g/mol. The molecule has 1 aliphatic carbocycles. The highest BCUT2D eigenvalue weighted by molar-refractivity contribution is 6.17. The summed E-state index contributed by atoms with van der Waals surface area (Å²) in [6.07, 6.45) is -1.64. The smallest absolute Gasteiger partial charge is 0.382 e. The summed E-state index contributed by atoms with van der Waals surface area (Å²) in [6, 6.07) is 2.53. The van der Waals surface area contributed by atoms with Crippen LogP contribution in [-0.4, -0.2) is 12.4 Å². The molecule has 0 spiro atoms. The quantitative estimate of drug-likeness (QED) is 0.615. The van der Waals surface area contributed by atoms with Crippen LogP contribution in [0.1, 0.15) is 24.8 Å². The Morgan fingerprint density at radius 3 is 2.42 bits per heavy atom. The average molecular weight is 296 g/mol. The van der Waals surface area contributed by atoms with Crippen LogP contribution in [-0.2, 0) is 6.18 Å². The highest BCUT2D eigenvalue weighted by Gasteiger charge is 2.41. The topological polar surface area (TPSA) is 12.0 Å². The van der Waals surface area contributed by atoms with E-state index in [1.165, 1.54) is 0 Å². The highest BCUT2D eigenvalue weighted by Crippen LogP contribution is 2.49. The molecule has 0 heterocycles. The van der Waals surface area contributed by atoms with E-state index in [1.54, 1.807) is 0 Å². The summed E-state index contributed by atoms with van der Waals surface area (Å²) in [5.41, 5.74) is -0.775. The van der Waals surface area contributed by atoms with Crippen LogP contribution in [0.2, 0.25) is 0 Å². The summed E-state index contributed by atoms with van der Waals surface area (Å²) in [5.74, 6) is -0.339. The maximum Gasteiger partial charge on any atom is 0.416 e. The lowest BCUT2D eigenvalue weighted by atomic mass is 10.0. The van der Waals surface area contributed by atoms with Crippen LogP contribution >= 0.6 is 11.6 Å². The van der Waals surface area contributed by atoms with Crippen molar-refractivity contribution < 1.29 is 17.6 Å². The van der Waals surface area contributed by atoms with Gasteiger partial charge in [0.2, 0.25) is 0 Å². The van der Waals surface area contributed by atoms with Crippen molar-refractivity contribution in [3.63, 3.8) is 0 Å². The first-order chi connectivity index (χ1) is 8.86. The van der Waals surface area contributed by atoms with Crippen molar-refractivity contribution >= 4 is 17.3 Å². The SMILES string of the molecule is Fc1cc(C(F)(F)F)ccc1NCC1(CCCl)CC1. The third kappa shape index (κ3) is 3.53. The molecule has 1 nitrogen and oxygen atoms in total. The van der Waals surface area contributed by atoms with Crippen molar-refractivity contribution in [3.8, 4) is 0 Å². The number of anilines is 1. The minimum absolute atomic E-state index is 0.0941. The highest BCUT2D eigenvalue weighted by atomic mass is 35.5. The number of nitrogens with one attached hydrogen (secondary N) is 1. The summed E-state index contributed by atoms with van der Waals surface area (Å²) in [5, 5.41) is 2.88. The number of alkyl halides is 4. The fraction of sp³-hybridized carbons (Fsp3) is 0.538. The lowest BCUT2D eigenvalue weighted by molar-refractivity contribution is -0.137. The number of hydrogen-bond donors (Lipinski definition) is 1. The molecule has 1 aromatic carbocycles. The van der Waals surface area contributed by atoms with E-state index in [2.05, 4.69) is 5.32 Å². The lowest BCUT2D eigenvalue weighted by Crippen LogP contribution is -2.17. The number of hydrogen-bond acceptors (Lipinski definition) is 1. The van der Waals surface area contributed by atoms with Gasteiger partial charge in [0.25, 0.3) is 0 Å². The first-order valence-electron chi connectivity index (χ1n) is 6.03. The van der Waals surface area contributed by atoms with E-state index >= 15 is 0 Å². The predicted molar refractivity (Wildman–Crippen MR) is 66.9 cm³/mol. The van der Waals surface area contributed by atoms with E-state index in [-0.39, 0.29) is 11.1 Å². The van der Waals surface area contributed by atoms with Gasteiger partial charge in [-0.25, -0.2) is 4.39 Å². The zero-order chi connectivity index (χ0) is 14.1. The molecule has 0 atom stereocenters. The molecule has 0 amide bonds. The van der Waals surface area contributed by atoms with Crippen molar-refractivity contribution in [2.45, 2.75) is 25.4 Å². The number of halogens is 5. The Balaban J connectivity index is 2.02. The minimum Gasteiger partial charge on any atom is -0.382 e. The largest absolute Gasteiger partial charge is 0.416 e. The van der Waals surface area contributed by atoms with Gasteiger partial charge in [-0.3, -0.25) is 0 Å². The summed E-state index contributed by atoms with van der Waals surface area (Å²) >= 11 is 5.68. The first-order valence-corrected chi connectivity index (χ1v) is 6.56. The molecular formula is C13H14ClF4N. The second kappa shape index (κ2) is 5.19. The Morgan fingerprint density at radius 1 is 1.26 bits per heavy atom. The van der Waals surface area contributed by atoms with Crippen LogP contribution in [0.4, 0.5) is 23.2 Å². The van der Waals surface area contributed by atoms with Gasteiger partial charge < -0.3 is 5.32 Å². The van der Waals surface area contributed by atoms with E-state index in [1.807, 2.05) is 0 Å². The van der Waals surface area contributed by atoms with Gasteiger partial charge in [0.1, 0.15) is 5.82 Å². The molecule has 19 heavy (non-hydrogen) atoms. The fourth-order valence-corrected chi connectivity index (χ4v) is 2.41. The maximum atomic E-state index is 13.6. The predicted octanol–water partition coefficient (Wildman–Crippen LogP) is 4.67. The van der Waals surface area contributed by atoms with Crippen LogP contribution < -0.4 is 5.32 Å². The first kappa shape index (κ1) is 14.4. The van der Waals surface area contributed by atoms with E-state index in [4.69, 9.17) is 11.6 Å². The van der Waals surface area contributed by atoms with E-state index in [9.17, 15) is 17.6 Å². The van der Waals surface area contributed by atoms with Gasteiger partial charge in [0.05, 0.1) is 11.3 Å². The van der Waals surface area contributed by atoms with Crippen molar-refractivity contribution in [3.05, 3.63) is 29.6 Å². The molecule has 0 saturated heterocycles. The van der Waals surface area contributed by atoms with Crippen molar-refractivity contribution in [1.29, 1.82) is 0 Å². The van der Waals surface area contributed by atoms with E-state index in [0.29, 0.717) is 18.5 Å². The molecule has 0 unspecified atom stereocenters. The second-order valence-electron chi connectivity index (χ2n) is 4.98. The van der Waals surface area contributed by atoms with Crippen molar-refractivity contribution in [2.75, 3.05) is 17.7 Å². The Hall–Kier alpha value is -0.970. The minimum atomic E-state index is -4.52. The summed E-state index contributed by atoms with van der Waals surface area (Å²) < 4.78 is 50.7. The Morgan fingerprint density at radius 2 is 1.95 bits per heavy atom. The van der Waals surface area contributed by atoms with Crippen LogP contribution in [0.5, 0.6) is 0 Å². The molecule has 1 aromatic rings. The van der Waals surface area contributed by atoms with Gasteiger partial charge in [-0.2, -0.15) is 13.2 Å². The van der Waals surface area contributed by atoms with Crippen molar-refractivity contribution in [1.82, 2.24) is 0 Å². The van der Waals surface area contributed by atoms with Crippen LogP contribution in [0, 0.1) is 11.2 Å². The Labute approximate surface area is 113 Å². The fourth-order valence-electron chi connectivity index (χ4n) is 2.01. The third-order valence-electron chi connectivity index (χ3n) is 3.53. The standard InChI is InChI=1S/C13H14ClF4N/c14-6-5-12(3-4-12)8-19-11-2-1-9(7-10(11)15)13(16,17)18/h1-2,7,19H,3-6,8H2. The molecule has 1 N–H and O–H groups in total. The number of rotatable bonds is 5. The van der Waals surface area contributed by atoms with Crippen LogP contribution in [0.15, 0.2) is 18.2 Å². The monoisotopic (exact) mass is 295 g/mol. The van der Waals surface area contributed by atoms with Gasteiger partial charge in [0.15, 0.2) is 0 Å². The molecule has 0 radical (unpaired) electrons. The van der Waals surface area contributed by atoms with E-state index < -0.39 is 17.6 Å². The molecule has 1 aliphatic rings. The molecule has 2 rings (SSSR count). The zero-order valence-electron chi connectivity index (χ0n) is 10.2. The van der Waals surface area contributed by atoms with Crippen LogP contribution in [0.3, 0.4) is 0 Å². The summed E-state index contributed by atoms with van der Waals surface area (Å²) in [6.45, 7) is 0.544. The lowest BCUT2D eigenvalue weighted by Gasteiger charge is -2.16. The van der Waals surface area contributed by atoms with Crippen LogP contribution in [0.25, 0.3) is 0 Å². The zero-order valence-corrected chi connectivity index (χ0v) is 10.9. The van der Waals surface area contributed by atoms with E-state index in [0.717, 1.165) is 31.4 Å². The molecule has 6 heteroatoms. The number of benzene rings is 1. The Bertz CT molecular complexity index is 454. The van der Waals surface area contributed by atoms with Gasteiger partial charge >= 0.3 is 6.18 Å². The summed E-state index contributed by atoms with van der Waals surface area (Å²) in [4.78, 5) is 0. The molecule has 0 aliphatic heterocycles. The maximum absolute atomic E-state index is 13.6. The molecule has 0 aromatic heterocycles. The van der Waals surface area contributed by atoms with Gasteiger partial charge in [-0.15, -0.1) is 11.6 Å². The van der Waals surface area contributed by atoms with Gasteiger partial charge in [0, 0.05) is 12.4 Å². The van der Waals surface area contributed by atoms with Crippen molar-refractivity contribution in [2.24, 2.45) is 5.41 Å².